The summed E-state index contributed by atoms with van der Waals surface area (Å²) >= 11 is 0. The summed E-state index contributed by atoms with van der Waals surface area (Å²) in [4.78, 5) is 27.1. The van der Waals surface area contributed by atoms with Crippen molar-refractivity contribution in [3.8, 4) is 0 Å². The van der Waals surface area contributed by atoms with Crippen LogP contribution >= 0.6 is 0 Å². The molecule has 0 radical (unpaired) electrons. The first-order valence-electron chi connectivity index (χ1n) is 9.29. The molecule has 27 heavy (non-hydrogen) atoms. The molecule has 150 valence electrons. The van der Waals surface area contributed by atoms with Crippen molar-refractivity contribution in [1.82, 2.24) is 24.3 Å². The van der Waals surface area contributed by atoms with E-state index in [2.05, 4.69) is 10.4 Å². The Kier molecular flexibility index (Phi) is 5.57. The molecule has 0 bridgehead atoms. The van der Waals surface area contributed by atoms with Crippen molar-refractivity contribution in [2.24, 2.45) is 5.92 Å². The summed E-state index contributed by atoms with van der Waals surface area (Å²) in [6.07, 6.45) is 5.88. The van der Waals surface area contributed by atoms with E-state index in [4.69, 9.17) is 0 Å². The second-order valence-electron chi connectivity index (χ2n) is 7.25. The second kappa shape index (κ2) is 7.59. The van der Waals surface area contributed by atoms with Crippen LogP contribution in [0.15, 0.2) is 12.4 Å². The maximum Gasteiger partial charge on any atom is 0.238 e. The van der Waals surface area contributed by atoms with Gasteiger partial charge in [-0.1, -0.05) is 6.92 Å². The quantitative estimate of drug-likeness (QED) is 0.715. The number of fused-ring (bicyclic) bond motifs is 1. The highest BCUT2D eigenvalue weighted by atomic mass is 32.2. The summed E-state index contributed by atoms with van der Waals surface area (Å²) in [7, 11) is -3.43. The molecule has 0 unspecified atom stereocenters. The van der Waals surface area contributed by atoms with E-state index in [1.54, 1.807) is 15.8 Å². The lowest BCUT2D eigenvalue weighted by Crippen LogP contribution is -2.57. The molecular weight excluding hydrogens is 370 g/mol. The van der Waals surface area contributed by atoms with Crippen molar-refractivity contribution in [3.05, 3.63) is 18.0 Å². The predicted molar refractivity (Wildman–Crippen MR) is 99.0 cm³/mol. The van der Waals surface area contributed by atoms with Crippen molar-refractivity contribution >= 4 is 21.8 Å². The zero-order chi connectivity index (χ0) is 19.8. The van der Waals surface area contributed by atoms with Gasteiger partial charge in [0.15, 0.2) is 0 Å². The maximum absolute atomic E-state index is 12.8. The fourth-order valence-electron chi connectivity index (χ4n) is 4.12. The topological polar surface area (TPSA) is 105 Å². The Labute approximate surface area is 159 Å². The third kappa shape index (κ3) is 4.01. The van der Waals surface area contributed by atoms with Gasteiger partial charge in [-0.05, 0) is 19.8 Å². The molecule has 10 heteroatoms. The predicted octanol–water partition coefficient (Wildman–Crippen LogP) is -0.210. The summed E-state index contributed by atoms with van der Waals surface area (Å²) in [5.74, 6) is -0.646. The van der Waals surface area contributed by atoms with Crippen molar-refractivity contribution in [2.45, 2.75) is 51.9 Å². The molecule has 2 aliphatic heterocycles. The minimum atomic E-state index is -3.43. The summed E-state index contributed by atoms with van der Waals surface area (Å²) in [6, 6.07) is -0.438. The fourth-order valence-corrected chi connectivity index (χ4v) is 4.91. The first kappa shape index (κ1) is 19.8. The number of piperazine rings is 1. The molecule has 9 nitrogen and oxygen atoms in total. The standard InChI is InChI=1S/C17H27N5O4S/c1-4-15-14(17(24)18-7-12-8-19-20(5-2)9-12)6-13-10-21(27(3,25)26)11-16(23)22(13)15/h8-9,13-15H,4-7,10-11H2,1-3H3,(H,18,24)/t13-,14-,15-/m1/s1. The van der Waals surface area contributed by atoms with Gasteiger partial charge in [0.05, 0.1) is 24.9 Å². The summed E-state index contributed by atoms with van der Waals surface area (Å²) in [5.41, 5.74) is 0.924. The monoisotopic (exact) mass is 397 g/mol. The molecule has 1 aromatic rings. The molecule has 1 N–H and O–H groups in total. The Morgan fingerprint density at radius 3 is 2.70 bits per heavy atom. The average Bonchev–Trinajstić information content (AvgIpc) is 3.22. The smallest absolute Gasteiger partial charge is 0.238 e. The largest absolute Gasteiger partial charge is 0.352 e. The van der Waals surface area contributed by atoms with Gasteiger partial charge in [0.25, 0.3) is 0 Å². The number of hydrogen-bond donors (Lipinski definition) is 1. The van der Waals surface area contributed by atoms with E-state index < -0.39 is 10.0 Å². The molecule has 2 amide bonds. The molecule has 2 aliphatic rings. The van der Waals surface area contributed by atoms with Gasteiger partial charge in [0, 0.05) is 43.5 Å². The van der Waals surface area contributed by atoms with Crippen LogP contribution in [0, 0.1) is 5.92 Å². The van der Waals surface area contributed by atoms with Crippen LogP contribution in [0.1, 0.15) is 32.3 Å². The van der Waals surface area contributed by atoms with Crippen LogP contribution in [-0.2, 0) is 32.7 Å². The third-order valence-electron chi connectivity index (χ3n) is 5.46. The lowest BCUT2D eigenvalue weighted by Gasteiger charge is -2.38. The van der Waals surface area contributed by atoms with Crippen LogP contribution in [0.25, 0.3) is 0 Å². The van der Waals surface area contributed by atoms with Crippen LogP contribution in [0.2, 0.25) is 0 Å². The number of nitrogens with zero attached hydrogens (tertiary/aromatic N) is 4. The Bertz CT molecular complexity index is 821. The Morgan fingerprint density at radius 1 is 1.37 bits per heavy atom. The van der Waals surface area contributed by atoms with E-state index in [1.165, 1.54) is 4.31 Å². The maximum atomic E-state index is 12.8. The zero-order valence-electron chi connectivity index (χ0n) is 16.0. The lowest BCUT2D eigenvalue weighted by atomic mass is 9.96. The Hall–Kier alpha value is -1.94. The van der Waals surface area contributed by atoms with Gasteiger partial charge in [-0.2, -0.15) is 9.40 Å². The Morgan fingerprint density at radius 2 is 2.11 bits per heavy atom. The van der Waals surface area contributed by atoms with E-state index in [-0.39, 0.29) is 42.9 Å². The van der Waals surface area contributed by atoms with Gasteiger partial charge in [-0.15, -0.1) is 0 Å². The van der Waals surface area contributed by atoms with Crippen LogP contribution in [0.3, 0.4) is 0 Å². The van der Waals surface area contributed by atoms with Gasteiger partial charge in [0.1, 0.15) is 0 Å². The summed E-state index contributed by atoms with van der Waals surface area (Å²) < 4.78 is 26.7. The van der Waals surface area contributed by atoms with Crippen molar-refractivity contribution < 1.29 is 18.0 Å². The number of carbonyl (C=O) groups excluding carboxylic acids is 2. The highest BCUT2D eigenvalue weighted by Gasteiger charge is 2.49. The van der Waals surface area contributed by atoms with Crippen LogP contribution in [-0.4, -0.2) is 70.6 Å². The Balaban J connectivity index is 1.69. The summed E-state index contributed by atoms with van der Waals surface area (Å²) in [5, 5.41) is 7.14. The number of carbonyl (C=O) groups is 2. The van der Waals surface area contributed by atoms with E-state index >= 15 is 0 Å². The van der Waals surface area contributed by atoms with Crippen LogP contribution < -0.4 is 5.32 Å². The minimum Gasteiger partial charge on any atom is -0.352 e. The second-order valence-corrected chi connectivity index (χ2v) is 9.23. The molecule has 3 rings (SSSR count). The van der Waals surface area contributed by atoms with E-state index in [0.717, 1.165) is 18.4 Å². The molecule has 1 aromatic heterocycles. The molecule has 2 fully saturated rings. The van der Waals surface area contributed by atoms with E-state index in [0.29, 0.717) is 19.4 Å². The molecular formula is C17H27N5O4S. The minimum absolute atomic E-state index is 0.0980. The first-order valence-corrected chi connectivity index (χ1v) is 11.1. The first-order chi connectivity index (χ1) is 12.7. The summed E-state index contributed by atoms with van der Waals surface area (Å²) in [6.45, 7) is 5.22. The van der Waals surface area contributed by atoms with Gasteiger partial charge in [0.2, 0.25) is 21.8 Å². The van der Waals surface area contributed by atoms with Gasteiger partial charge in [-0.25, -0.2) is 8.42 Å². The lowest BCUT2D eigenvalue weighted by molar-refractivity contribution is -0.138. The van der Waals surface area contributed by atoms with Crippen LogP contribution in [0.5, 0.6) is 0 Å². The van der Waals surface area contributed by atoms with E-state index in [9.17, 15) is 18.0 Å². The highest BCUT2D eigenvalue weighted by Crippen LogP contribution is 2.35. The zero-order valence-corrected chi connectivity index (χ0v) is 16.8. The number of aryl methyl sites for hydroxylation is 1. The number of amides is 2. The van der Waals surface area contributed by atoms with Crippen molar-refractivity contribution in [1.29, 1.82) is 0 Å². The molecule has 2 saturated heterocycles. The molecule has 0 aromatic carbocycles. The molecule has 3 heterocycles. The van der Waals surface area contributed by atoms with Gasteiger partial charge in [-0.3, -0.25) is 14.3 Å². The van der Waals surface area contributed by atoms with E-state index in [1.807, 2.05) is 20.0 Å². The number of sulfonamides is 1. The molecule has 0 saturated carbocycles. The van der Waals surface area contributed by atoms with Gasteiger partial charge < -0.3 is 10.2 Å². The SMILES string of the molecule is CC[C@@H]1[C@H](C(=O)NCc2cnn(CC)c2)C[C@@H]2CN(S(C)(=O)=O)CC(=O)N21. The fraction of sp³-hybridized carbons (Fsp3) is 0.706. The van der Waals surface area contributed by atoms with Crippen LogP contribution in [0.4, 0.5) is 0 Å². The normalized spacial score (nSPS) is 26.3. The molecule has 0 aliphatic carbocycles. The number of aromatic nitrogens is 2. The number of hydrogen-bond acceptors (Lipinski definition) is 5. The number of rotatable bonds is 6. The van der Waals surface area contributed by atoms with Crippen molar-refractivity contribution in [2.75, 3.05) is 19.3 Å². The number of nitrogens with one attached hydrogen (secondary N) is 1. The molecule has 3 atom stereocenters. The third-order valence-corrected chi connectivity index (χ3v) is 6.67. The highest BCUT2D eigenvalue weighted by molar-refractivity contribution is 7.88. The average molecular weight is 398 g/mol. The van der Waals surface area contributed by atoms with Crippen molar-refractivity contribution in [3.63, 3.8) is 0 Å². The molecule has 0 spiro atoms. The van der Waals surface area contributed by atoms with Gasteiger partial charge >= 0.3 is 0 Å².